The van der Waals surface area contributed by atoms with Crippen molar-refractivity contribution in [2.24, 2.45) is 10.8 Å². The summed E-state index contributed by atoms with van der Waals surface area (Å²) < 4.78 is 5.57. The molecule has 0 amide bonds. The van der Waals surface area contributed by atoms with E-state index in [-0.39, 0.29) is 0 Å². The van der Waals surface area contributed by atoms with Gasteiger partial charge >= 0.3 is 5.97 Å². The van der Waals surface area contributed by atoms with Crippen molar-refractivity contribution in [3.8, 4) is 5.75 Å². The molecule has 0 spiro atoms. The number of rotatable bonds is 10. The van der Waals surface area contributed by atoms with E-state index in [2.05, 4.69) is 10.0 Å². The largest absolute Gasteiger partial charge is 0.494 e. The van der Waals surface area contributed by atoms with Crippen molar-refractivity contribution >= 4 is 5.97 Å². The van der Waals surface area contributed by atoms with E-state index in [0.29, 0.717) is 19.6 Å². The van der Waals surface area contributed by atoms with E-state index in [1.54, 1.807) is 0 Å². The van der Waals surface area contributed by atoms with Crippen LogP contribution >= 0.6 is 0 Å². The molecule has 1 rings (SSSR count). The molecule has 1 unspecified atom stereocenters. The van der Waals surface area contributed by atoms with Crippen molar-refractivity contribution in [3.63, 3.8) is 0 Å². The minimum atomic E-state index is -1.00. The standard InChI is InChI=1S/C14H20N4O3/c15-13(14(19)20)10-11-4-6-12(7-5-11)21-9-3-1-2-8-17-18-16/h4-7,13H,1-3,8-10,15H2,(H,19,20). The molecule has 1 aromatic rings. The molecule has 7 nitrogen and oxygen atoms in total. The maximum Gasteiger partial charge on any atom is 0.320 e. The van der Waals surface area contributed by atoms with Gasteiger partial charge in [0.2, 0.25) is 0 Å². The number of hydrogen-bond donors (Lipinski definition) is 2. The molecule has 0 aliphatic heterocycles. The van der Waals surface area contributed by atoms with Crippen LogP contribution < -0.4 is 10.5 Å². The van der Waals surface area contributed by atoms with Crippen LogP contribution in [0.15, 0.2) is 29.4 Å². The predicted molar refractivity (Wildman–Crippen MR) is 79.1 cm³/mol. The molecular formula is C14H20N4O3. The molecule has 0 fully saturated rings. The van der Waals surface area contributed by atoms with Crippen LogP contribution in [0.2, 0.25) is 0 Å². The number of unbranched alkanes of at least 4 members (excludes halogenated alkanes) is 2. The van der Waals surface area contributed by atoms with Gasteiger partial charge in [-0.3, -0.25) is 4.79 Å². The quantitative estimate of drug-likeness (QED) is 0.298. The Morgan fingerprint density at radius 3 is 2.67 bits per heavy atom. The summed E-state index contributed by atoms with van der Waals surface area (Å²) in [6.45, 7) is 1.12. The normalized spacial score (nSPS) is 11.5. The SMILES string of the molecule is [N-]=[N+]=NCCCCCOc1ccc(CC(N)C(=O)O)cc1. The lowest BCUT2D eigenvalue weighted by molar-refractivity contribution is -0.138. The van der Waals surface area contributed by atoms with Gasteiger partial charge in [-0.15, -0.1) is 0 Å². The van der Waals surface area contributed by atoms with Crippen LogP contribution in [0.4, 0.5) is 0 Å². The van der Waals surface area contributed by atoms with Gasteiger partial charge < -0.3 is 15.6 Å². The van der Waals surface area contributed by atoms with E-state index in [9.17, 15) is 4.79 Å². The number of ether oxygens (including phenoxy) is 1. The predicted octanol–water partition coefficient (Wildman–Crippen LogP) is 2.50. The Morgan fingerprint density at radius 2 is 2.05 bits per heavy atom. The van der Waals surface area contributed by atoms with Crippen molar-refractivity contribution in [2.45, 2.75) is 31.7 Å². The molecule has 21 heavy (non-hydrogen) atoms. The Bertz CT molecular complexity index is 483. The third-order valence-corrected chi connectivity index (χ3v) is 2.93. The van der Waals surface area contributed by atoms with E-state index < -0.39 is 12.0 Å². The fourth-order valence-corrected chi connectivity index (χ4v) is 1.76. The third-order valence-electron chi connectivity index (χ3n) is 2.93. The minimum Gasteiger partial charge on any atom is -0.494 e. The van der Waals surface area contributed by atoms with Crippen molar-refractivity contribution in [1.82, 2.24) is 0 Å². The maximum atomic E-state index is 10.7. The van der Waals surface area contributed by atoms with Crippen molar-refractivity contribution < 1.29 is 14.6 Å². The first-order valence-corrected chi connectivity index (χ1v) is 6.84. The molecule has 0 aliphatic rings. The summed E-state index contributed by atoms with van der Waals surface area (Å²) in [7, 11) is 0. The van der Waals surface area contributed by atoms with Gasteiger partial charge in [0, 0.05) is 11.5 Å². The van der Waals surface area contributed by atoms with Crippen molar-refractivity contribution in [2.75, 3.05) is 13.2 Å². The molecular weight excluding hydrogens is 272 g/mol. The molecule has 0 aliphatic carbocycles. The highest BCUT2D eigenvalue weighted by molar-refractivity contribution is 5.73. The number of azide groups is 1. The van der Waals surface area contributed by atoms with Crippen LogP contribution in [-0.4, -0.2) is 30.3 Å². The zero-order chi connectivity index (χ0) is 15.5. The fraction of sp³-hybridized carbons (Fsp3) is 0.500. The Kier molecular flexibility index (Phi) is 7.71. The van der Waals surface area contributed by atoms with E-state index in [1.165, 1.54) is 0 Å². The summed E-state index contributed by atoms with van der Waals surface area (Å²) in [5.74, 6) is -0.256. The fourth-order valence-electron chi connectivity index (χ4n) is 1.76. The molecule has 1 atom stereocenters. The van der Waals surface area contributed by atoms with Gasteiger partial charge in [-0.25, -0.2) is 0 Å². The minimum absolute atomic E-state index is 0.301. The van der Waals surface area contributed by atoms with Crippen molar-refractivity contribution in [3.05, 3.63) is 40.3 Å². The topological polar surface area (TPSA) is 121 Å². The Morgan fingerprint density at radius 1 is 1.33 bits per heavy atom. The zero-order valence-electron chi connectivity index (χ0n) is 11.8. The molecule has 0 bridgehead atoms. The second-order valence-electron chi connectivity index (χ2n) is 4.66. The molecule has 0 heterocycles. The summed E-state index contributed by atoms with van der Waals surface area (Å²) in [5, 5.41) is 12.2. The molecule has 0 aromatic heterocycles. The zero-order valence-corrected chi connectivity index (χ0v) is 11.8. The van der Waals surface area contributed by atoms with E-state index in [4.69, 9.17) is 21.1 Å². The molecule has 3 N–H and O–H groups in total. The van der Waals surface area contributed by atoms with Gasteiger partial charge in [-0.1, -0.05) is 17.2 Å². The molecule has 1 aromatic carbocycles. The maximum absolute atomic E-state index is 10.7. The van der Waals surface area contributed by atoms with Crippen LogP contribution in [0, 0.1) is 0 Å². The third kappa shape index (κ3) is 7.20. The molecule has 0 saturated heterocycles. The molecule has 114 valence electrons. The number of carboxylic acid groups (broad SMARTS) is 1. The summed E-state index contributed by atoms with van der Waals surface area (Å²) in [5.41, 5.74) is 14.5. The number of nitrogens with two attached hydrogens (primary N) is 1. The Balaban J connectivity index is 2.25. The number of carboxylic acids is 1. The van der Waals surface area contributed by atoms with Crippen molar-refractivity contribution in [1.29, 1.82) is 0 Å². The average molecular weight is 292 g/mol. The van der Waals surface area contributed by atoms with Crippen LogP contribution in [0.25, 0.3) is 10.4 Å². The first kappa shape index (κ1) is 16.8. The van der Waals surface area contributed by atoms with Gasteiger partial charge in [0.1, 0.15) is 11.8 Å². The first-order valence-electron chi connectivity index (χ1n) is 6.84. The number of hydrogen-bond acceptors (Lipinski definition) is 4. The lowest BCUT2D eigenvalue weighted by Crippen LogP contribution is -2.32. The lowest BCUT2D eigenvalue weighted by Gasteiger charge is -2.09. The first-order chi connectivity index (χ1) is 10.1. The summed E-state index contributed by atoms with van der Waals surface area (Å²) in [6.07, 6.45) is 3.01. The lowest BCUT2D eigenvalue weighted by atomic mass is 10.1. The molecule has 0 saturated carbocycles. The van der Waals surface area contributed by atoms with Crippen LogP contribution in [0.1, 0.15) is 24.8 Å². The van der Waals surface area contributed by atoms with Gasteiger partial charge in [0.05, 0.1) is 6.61 Å². The van der Waals surface area contributed by atoms with Gasteiger partial charge in [0.25, 0.3) is 0 Å². The summed E-state index contributed by atoms with van der Waals surface area (Å²) >= 11 is 0. The number of nitrogens with zero attached hydrogens (tertiary/aromatic N) is 3. The van der Waals surface area contributed by atoms with E-state index in [0.717, 1.165) is 30.6 Å². The average Bonchev–Trinajstić information content (AvgIpc) is 2.48. The Labute approximate surface area is 123 Å². The Hall–Kier alpha value is -2.24. The van der Waals surface area contributed by atoms with Crippen LogP contribution in [0.5, 0.6) is 5.75 Å². The summed E-state index contributed by atoms with van der Waals surface area (Å²) in [4.78, 5) is 13.4. The second-order valence-corrected chi connectivity index (χ2v) is 4.66. The number of aliphatic carboxylic acids is 1. The number of carbonyl (C=O) groups is 1. The molecule has 7 heteroatoms. The van der Waals surface area contributed by atoms with Gasteiger partial charge in [-0.2, -0.15) is 0 Å². The van der Waals surface area contributed by atoms with E-state index >= 15 is 0 Å². The highest BCUT2D eigenvalue weighted by Crippen LogP contribution is 2.14. The molecule has 0 radical (unpaired) electrons. The smallest absolute Gasteiger partial charge is 0.320 e. The number of benzene rings is 1. The van der Waals surface area contributed by atoms with Crippen LogP contribution in [0.3, 0.4) is 0 Å². The second kappa shape index (κ2) is 9.63. The highest BCUT2D eigenvalue weighted by Gasteiger charge is 2.11. The van der Waals surface area contributed by atoms with Gasteiger partial charge in [0.15, 0.2) is 0 Å². The summed E-state index contributed by atoms with van der Waals surface area (Å²) in [6, 6.07) is 6.38. The highest BCUT2D eigenvalue weighted by atomic mass is 16.5. The van der Waals surface area contributed by atoms with Gasteiger partial charge in [-0.05, 0) is 48.9 Å². The van der Waals surface area contributed by atoms with Crippen LogP contribution in [-0.2, 0) is 11.2 Å². The monoisotopic (exact) mass is 292 g/mol. The van der Waals surface area contributed by atoms with E-state index in [1.807, 2.05) is 24.3 Å².